The van der Waals surface area contributed by atoms with E-state index in [9.17, 15) is 8.42 Å². The predicted molar refractivity (Wildman–Crippen MR) is 81.4 cm³/mol. The fourth-order valence-electron chi connectivity index (χ4n) is 2.40. The average Bonchev–Trinajstić information content (AvgIpc) is 2.88. The third-order valence-electron chi connectivity index (χ3n) is 4.12. The monoisotopic (exact) mass is 315 g/mol. The Balaban J connectivity index is 2.16. The molecule has 2 heterocycles. The fraction of sp³-hybridized carbons (Fsp3) is 0.769. The number of piperazine rings is 1. The van der Waals surface area contributed by atoms with Crippen LogP contribution in [0, 0.1) is 0 Å². The van der Waals surface area contributed by atoms with E-state index in [1.54, 1.807) is 15.2 Å². The van der Waals surface area contributed by atoms with Crippen molar-refractivity contribution in [3.8, 4) is 0 Å². The Bertz CT molecular complexity index is 581. The van der Waals surface area contributed by atoms with Crippen LogP contribution in [0.4, 0.5) is 0 Å². The molecule has 2 rings (SSSR count). The van der Waals surface area contributed by atoms with E-state index >= 15 is 0 Å². The van der Waals surface area contributed by atoms with Gasteiger partial charge >= 0.3 is 0 Å². The number of aromatic nitrogens is 2. The van der Waals surface area contributed by atoms with Gasteiger partial charge in [0.2, 0.25) is 10.0 Å². The maximum absolute atomic E-state index is 12.7. The molecule has 120 valence electrons. The molecule has 2 N–H and O–H groups in total. The number of likely N-dealkylation sites (N-methyl/N-ethyl adjacent to an activating group) is 1. The van der Waals surface area contributed by atoms with E-state index < -0.39 is 10.0 Å². The molecule has 0 unspecified atom stereocenters. The van der Waals surface area contributed by atoms with Gasteiger partial charge in [0.15, 0.2) is 0 Å². The third kappa shape index (κ3) is 3.45. The first-order valence-electron chi connectivity index (χ1n) is 7.21. The molecule has 7 nitrogen and oxygen atoms in total. The zero-order valence-electron chi connectivity index (χ0n) is 13.0. The van der Waals surface area contributed by atoms with Gasteiger partial charge in [-0.15, -0.1) is 0 Å². The molecule has 0 aliphatic carbocycles. The molecule has 0 spiro atoms. The second-order valence-corrected chi connectivity index (χ2v) is 8.09. The highest BCUT2D eigenvalue weighted by molar-refractivity contribution is 7.89. The summed E-state index contributed by atoms with van der Waals surface area (Å²) in [6, 6.07) is 0. The third-order valence-corrected chi connectivity index (χ3v) is 5.92. The van der Waals surface area contributed by atoms with Crippen LogP contribution >= 0.6 is 0 Å². The van der Waals surface area contributed by atoms with Crippen molar-refractivity contribution in [2.75, 3.05) is 33.2 Å². The quantitative estimate of drug-likeness (QED) is 0.823. The number of nitrogens with zero attached hydrogens (tertiary/aromatic N) is 4. The number of aryl methyl sites for hydroxylation is 1. The van der Waals surface area contributed by atoms with Gasteiger partial charge in [0.25, 0.3) is 0 Å². The second kappa shape index (κ2) is 6.04. The molecule has 0 saturated carbocycles. The molecule has 8 heteroatoms. The lowest BCUT2D eigenvalue weighted by Crippen LogP contribution is -2.58. The first kappa shape index (κ1) is 16.4. The second-order valence-electron chi connectivity index (χ2n) is 6.15. The van der Waals surface area contributed by atoms with Gasteiger partial charge in [0.05, 0.1) is 6.20 Å². The predicted octanol–water partition coefficient (Wildman–Crippen LogP) is -0.0534. The molecular weight excluding hydrogens is 290 g/mol. The van der Waals surface area contributed by atoms with E-state index in [1.807, 2.05) is 7.05 Å². The van der Waals surface area contributed by atoms with E-state index in [2.05, 4.69) is 23.8 Å². The Morgan fingerprint density at radius 3 is 2.71 bits per heavy atom. The molecule has 0 radical (unpaired) electrons. The van der Waals surface area contributed by atoms with E-state index in [-0.39, 0.29) is 10.4 Å². The van der Waals surface area contributed by atoms with Gasteiger partial charge in [-0.25, -0.2) is 8.42 Å². The zero-order chi connectivity index (χ0) is 15.7. The topological polar surface area (TPSA) is 84.5 Å². The number of hydrogen-bond acceptors (Lipinski definition) is 5. The molecule has 1 aliphatic rings. The lowest BCUT2D eigenvalue weighted by atomic mass is 10.0. The maximum Gasteiger partial charge on any atom is 0.246 e. The summed E-state index contributed by atoms with van der Waals surface area (Å²) in [6.45, 7) is 7.04. The van der Waals surface area contributed by atoms with Crippen molar-refractivity contribution in [3.05, 3.63) is 12.4 Å². The van der Waals surface area contributed by atoms with Gasteiger partial charge in [-0.1, -0.05) is 0 Å². The summed E-state index contributed by atoms with van der Waals surface area (Å²) in [6.07, 6.45) is 3.80. The van der Waals surface area contributed by atoms with Gasteiger partial charge in [0.1, 0.15) is 4.90 Å². The van der Waals surface area contributed by atoms with Crippen molar-refractivity contribution >= 4 is 10.0 Å². The van der Waals surface area contributed by atoms with Crippen LogP contribution in [0.1, 0.15) is 20.3 Å². The molecule has 1 aromatic heterocycles. The number of sulfonamides is 1. The minimum absolute atomic E-state index is 0.166. The van der Waals surface area contributed by atoms with Crippen LogP contribution in [0.15, 0.2) is 17.3 Å². The summed E-state index contributed by atoms with van der Waals surface area (Å²) in [5.74, 6) is 0. The highest BCUT2D eigenvalue weighted by atomic mass is 32.2. The van der Waals surface area contributed by atoms with E-state index in [0.717, 1.165) is 13.0 Å². The summed E-state index contributed by atoms with van der Waals surface area (Å²) in [4.78, 5) is 2.45. The highest BCUT2D eigenvalue weighted by Gasteiger charge is 2.37. The maximum atomic E-state index is 12.7. The molecular formula is C13H25N5O2S. The lowest BCUT2D eigenvalue weighted by molar-refractivity contribution is 0.0801. The summed E-state index contributed by atoms with van der Waals surface area (Å²) in [5, 5.41) is 4.11. The Morgan fingerprint density at radius 2 is 2.10 bits per heavy atom. The van der Waals surface area contributed by atoms with Crippen molar-refractivity contribution in [2.45, 2.75) is 37.2 Å². The Kier molecular flexibility index (Phi) is 4.72. The number of rotatable bonds is 5. The first-order valence-corrected chi connectivity index (χ1v) is 8.65. The van der Waals surface area contributed by atoms with Gasteiger partial charge in [-0.3, -0.25) is 9.58 Å². The Hall–Kier alpha value is -0.960. The molecule has 21 heavy (non-hydrogen) atoms. The van der Waals surface area contributed by atoms with Crippen molar-refractivity contribution in [2.24, 2.45) is 5.73 Å². The van der Waals surface area contributed by atoms with Crippen molar-refractivity contribution in [1.82, 2.24) is 19.0 Å². The summed E-state index contributed by atoms with van der Waals surface area (Å²) < 4.78 is 28.6. The largest absolute Gasteiger partial charge is 0.330 e. The molecule has 1 fully saturated rings. The minimum atomic E-state index is -3.47. The summed E-state index contributed by atoms with van der Waals surface area (Å²) in [7, 11) is -1.45. The van der Waals surface area contributed by atoms with Crippen LogP contribution in [0.5, 0.6) is 0 Å². The van der Waals surface area contributed by atoms with Crippen molar-refractivity contribution < 1.29 is 8.42 Å². The molecule has 0 amide bonds. The minimum Gasteiger partial charge on any atom is -0.330 e. The average molecular weight is 315 g/mol. The number of nitrogens with two attached hydrogens (primary N) is 1. The van der Waals surface area contributed by atoms with Gasteiger partial charge in [-0.2, -0.15) is 9.40 Å². The van der Waals surface area contributed by atoms with Crippen LogP contribution in [0.2, 0.25) is 0 Å². The smallest absolute Gasteiger partial charge is 0.246 e. The van der Waals surface area contributed by atoms with Crippen LogP contribution in [0.3, 0.4) is 0 Å². The van der Waals surface area contributed by atoms with Crippen LogP contribution in [-0.4, -0.2) is 66.2 Å². The Morgan fingerprint density at radius 1 is 1.38 bits per heavy atom. The van der Waals surface area contributed by atoms with Crippen LogP contribution < -0.4 is 5.73 Å². The SMILES string of the molecule is CN1CCN(S(=O)(=O)c2cnn(CCCN)c2)CC1(C)C. The van der Waals surface area contributed by atoms with Crippen LogP contribution in [-0.2, 0) is 16.6 Å². The summed E-state index contributed by atoms with van der Waals surface area (Å²) in [5.41, 5.74) is 5.29. The number of hydrogen-bond donors (Lipinski definition) is 1. The first-order chi connectivity index (χ1) is 9.77. The molecule has 1 aromatic rings. The zero-order valence-corrected chi connectivity index (χ0v) is 13.8. The van der Waals surface area contributed by atoms with Crippen molar-refractivity contribution in [1.29, 1.82) is 0 Å². The van der Waals surface area contributed by atoms with E-state index in [4.69, 9.17) is 5.73 Å². The van der Waals surface area contributed by atoms with E-state index in [1.165, 1.54) is 6.20 Å². The Labute approximate surface area is 126 Å². The van der Waals surface area contributed by atoms with Gasteiger partial charge in [-0.05, 0) is 33.9 Å². The summed E-state index contributed by atoms with van der Waals surface area (Å²) >= 11 is 0. The standard InChI is InChI=1S/C13H25N5O2S/c1-13(2)11-18(8-7-16(13)3)21(19,20)12-9-15-17(10-12)6-4-5-14/h9-10H,4-8,11,14H2,1-3H3. The molecule has 1 aliphatic heterocycles. The molecule has 0 aromatic carbocycles. The normalized spacial score (nSPS) is 20.8. The van der Waals surface area contributed by atoms with Gasteiger partial charge < -0.3 is 5.73 Å². The molecule has 1 saturated heterocycles. The van der Waals surface area contributed by atoms with E-state index in [0.29, 0.717) is 26.2 Å². The lowest BCUT2D eigenvalue weighted by Gasteiger charge is -2.44. The van der Waals surface area contributed by atoms with Crippen LogP contribution in [0.25, 0.3) is 0 Å². The molecule has 0 bridgehead atoms. The van der Waals surface area contributed by atoms with Gasteiger partial charge in [0, 0.05) is 37.9 Å². The molecule has 0 atom stereocenters. The fourth-order valence-corrected chi connectivity index (χ4v) is 3.94. The van der Waals surface area contributed by atoms with Crippen molar-refractivity contribution in [3.63, 3.8) is 0 Å². The highest BCUT2D eigenvalue weighted by Crippen LogP contribution is 2.24.